The zero-order valence-corrected chi connectivity index (χ0v) is 12.5. The minimum Gasteiger partial charge on any atom is -0.390 e. The van der Waals surface area contributed by atoms with E-state index in [2.05, 4.69) is 0 Å². The van der Waals surface area contributed by atoms with Crippen molar-refractivity contribution in [3.63, 3.8) is 0 Å². The average molecular weight is 292 g/mol. The summed E-state index contributed by atoms with van der Waals surface area (Å²) in [7, 11) is 1.99. The number of likely N-dealkylation sites (tertiary alicyclic amines) is 1. The van der Waals surface area contributed by atoms with Crippen molar-refractivity contribution in [2.24, 2.45) is 18.9 Å². The van der Waals surface area contributed by atoms with Crippen LogP contribution in [-0.2, 0) is 18.3 Å². The fourth-order valence-corrected chi connectivity index (χ4v) is 3.76. The van der Waals surface area contributed by atoms with Gasteiger partial charge in [0.15, 0.2) is 0 Å². The second-order valence-corrected chi connectivity index (χ2v) is 6.54. The summed E-state index contributed by atoms with van der Waals surface area (Å²) < 4.78 is 2.05. The van der Waals surface area contributed by atoms with Crippen LogP contribution in [-0.4, -0.2) is 50.9 Å². The molecule has 3 rings (SSSR count). The van der Waals surface area contributed by atoms with Crippen LogP contribution in [0.3, 0.4) is 0 Å². The minimum absolute atomic E-state index is 0.189. The maximum atomic E-state index is 12.3. The third-order valence-corrected chi connectivity index (χ3v) is 5.11. The predicted octanol–water partition coefficient (Wildman–Crippen LogP) is 0.548. The van der Waals surface area contributed by atoms with Gasteiger partial charge in [-0.3, -0.25) is 4.79 Å². The molecule has 4 atom stereocenters. The summed E-state index contributed by atoms with van der Waals surface area (Å²) in [4.78, 5) is 14.3. The average Bonchev–Trinajstić information content (AvgIpc) is 3.03. The predicted molar refractivity (Wildman–Crippen MR) is 78.5 cm³/mol. The van der Waals surface area contributed by atoms with Crippen molar-refractivity contribution in [1.82, 2.24) is 9.47 Å². The molecule has 0 spiro atoms. The maximum absolute atomic E-state index is 12.3. The molecule has 0 bridgehead atoms. The van der Waals surface area contributed by atoms with Crippen LogP contribution < -0.4 is 0 Å². The van der Waals surface area contributed by atoms with E-state index in [1.807, 2.05) is 34.8 Å². The van der Waals surface area contributed by atoms with E-state index in [1.54, 1.807) is 0 Å². The van der Waals surface area contributed by atoms with Gasteiger partial charge in [-0.1, -0.05) is 0 Å². The van der Waals surface area contributed by atoms with Crippen molar-refractivity contribution < 1.29 is 15.0 Å². The number of aromatic nitrogens is 1. The standard InChI is InChI=1S/C16H24N2O3/c1-17-6-2-3-13(17)4-5-16(21)18-9-11-7-14(19)15(20)8-12(11)10-18/h2-3,6,11-12,14-15,19-20H,4-5,7-10H2,1H3/t11-,12+,14-,15-/m0/s1. The molecular weight excluding hydrogens is 268 g/mol. The Morgan fingerprint density at radius 2 is 1.86 bits per heavy atom. The van der Waals surface area contributed by atoms with Gasteiger partial charge in [0.2, 0.25) is 5.91 Å². The SMILES string of the molecule is Cn1cccc1CCC(=O)N1C[C@H]2C[C@H](O)[C@@H](O)C[C@H]2C1. The normalized spacial score (nSPS) is 32.2. The van der Waals surface area contributed by atoms with Gasteiger partial charge in [-0.2, -0.15) is 0 Å². The number of rotatable bonds is 3. The lowest BCUT2D eigenvalue weighted by atomic mass is 9.79. The topological polar surface area (TPSA) is 65.7 Å². The molecule has 2 heterocycles. The molecule has 0 aromatic carbocycles. The van der Waals surface area contributed by atoms with E-state index in [1.165, 1.54) is 5.69 Å². The van der Waals surface area contributed by atoms with Crippen LogP contribution in [0.25, 0.3) is 0 Å². The molecule has 1 aliphatic carbocycles. The van der Waals surface area contributed by atoms with Crippen molar-refractivity contribution in [3.05, 3.63) is 24.0 Å². The zero-order valence-electron chi connectivity index (χ0n) is 12.5. The van der Waals surface area contributed by atoms with Gasteiger partial charge in [0.1, 0.15) is 0 Å². The molecule has 0 radical (unpaired) electrons. The summed E-state index contributed by atoms with van der Waals surface area (Å²) in [5.74, 6) is 0.888. The summed E-state index contributed by atoms with van der Waals surface area (Å²) >= 11 is 0. The number of aryl methyl sites for hydroxylation is 2. The lowest BCUT2D eigenvalue weighted by Gasteiger charge is -2.31. The van der Waals surface area contributed by atoms with E-state index in [0.29, 0.717) is 31.1 Å². The van der Waals surface area contributed by atoms with E-state index < -0.39 is 12.2 Å². The molecule has 5 heteroatoms. The summed E-state index contributed by atoms with van der Waals surface area (Å²) in [5.41, 5.74) is 1.17. The fraction of sp³-hybridized carbons (Fsp3) is 0.688. The van der Waals surface area contributed by atoms with Crippen LogP contribution in [0.15, 0.2) is 18.3 Å². The quantitative estimate of drug-likeness (QED) is 0.855. The highest BCUT2D eigenvalue weighted by molar-refractivity contribution is 5.76. The van der Waals surface area contributed by atoms with Crippen LogP contribution in [0, 0.1) is 11.8 Å². The molecule has 2 aliphatic rings. The summed E-state index contributed by atoms with van der Waals surface area (Å²) in [6.45, 7) is 1.47. The largest absolute Gasteiger partial charge is 0.390 e. The molecule has 0 unspecified atom stereocenters. The number of hydrogen-bond acceptors (Lipinski definition) is 3. The van der Waals surface area contributed by atoms with E-state index in [4.69, 9.17) is 0 Å². The van der Waals surface area contributed by atoms with E-state index >= 15 is 0 Å². The van der Waals surface area contributed by atoms with Crippen LogP contribution in [0.2, 0.25) is 0 Å². The zero-order chi connectivity index (χ0) is 15.0. The minimum atomic E-state index is -0.621. The molecule has 116 valence electrons. The van der Waals surface area contributed by atoms with Crippen LogP contribution in [0.5, 0.6) is 0 Å². The lowest BCUT2D eigenvalue weighted by molar-refractivity contribution is -0.130. The van der Waals surface area contributed by atoms with Crippen molar-refractivity contribution in [2.45, 2.75) is 37.9 Å². The Hall–Kier alpha value is -1.33. The number of carbonyl (C=O) groups excluding carboxylic acids is 1. The Bertz CT molecular complexity index is 495. The number of fused-ring (bicyclic) bond motifs is 1. The summed E-state index contributed by atoms with van der Waals surface area (Å²) in [5, 5.41) is 19.5. The molecule has 1 aromatic heterocycles. The Kier molecular flexibility index (Phi) is 4.04. The molecule has 1 saturated heterocycles. The highest BCUT2D eigenvalue weighted by Crippen LogP contribution is 2.36. The Morgan fingerprint density at radius 1 is 1.24 bits per heavy atom. The third-order valence-electron chi connectivity index (χ3n) is 5.11. The molecule has 2 N–H and O–H groups in total. The van der Waals surface area contributed by atoms with Gasteiger partial charge >= 0.3 is 0 Å². The van der Waals surface area contributed by atoms with Gasteiger partial charge in [0.25, 0.3) is 0 Å². The first-order valence-electron chi connectivity index (χ1n) is 7.78. The first kappa shape index (κ1) is 14.6. The van der Waals surface area contributed by atoms with Gasteiger partial charge in [-0.05, 0) is 43.2 Å². The molecule has 1 aromatic rings. The van der Waals surface area contributed by atoms with Gasteiger partial charge in [0, 0.05) is 38.4 Å². The number of carbonyl (C=O) groups is 1. The lowest BCUT2D eigenvalue weighted by Crippen LogP contribution is -2.38. The first-order valence-corrected chi connectivity index (χ1v) is 7.78. The molecule has 1 amide bonds. The van der Waals surface area contributed by atoms with Crippen LogP contribution in [0.1, 0.15) is 25.0 Å². The van der Waals surface area contributed by atoms with E-state index in [0.717, 1.165) is 19.5 Å². The molecule has 2 fully saturated rings. The fourth-order valence-electron chi connectivity index (χ4n) is 3.76. The monoisotopic (exact) mass is 292 g/mol. The summed E-state index contributed by atoms with van der Waals surface area (Å²) in [6.07, 6.45) is 3.28. The van der Waals surface area contributed by atoms with E-state index in [9.17, 15) is 15.0 Å². The number of amides is 1. The van der Waals surface area contributed by atoms with Crippen molar-refractivity contribution in [1.29, 1.82) is 0 Å². The van der Waals surface area contributed by atoms with Crippen molar-refractivity contribution in [2.75, 3.05) is 13.1 Å². The van der Waals surface area contributed by atoms with Gasteiger partial charge in [0.05, 0.1) is 12.2 Å². The number of hydrogen-bond donors (Lipinski definition) is 2. The molecule has 5 nitrogen and oxygen atoms in total. The Labute approximate surface area is 125 Å². The smallest absolute Gasteiger partial charge is 0.222 e. The Morgan fingerprint density at radius 3 is 2.38 bits per heavy atom. The van der Waals surface area contributed by atoms with Crippen LogP contribution in [0.4, 0.5) is 0 Å². The van der Waals surface area contributed by atoms with Crippen LogP contribution >= 0.6 is 0 Å². The highest BCUT2D eigenvalue weighted by Gasteiger charge is 2.42. The van der Waals surface area contributed by atoms with Gasteiger partial charge in [-0.25, -0.2) is 0 Å². The molecule has 1 saturated carbocycles. The number of nitrogens with zero attached hydrogens (tertiary/aromatic N) is 2. The molecule has 21 heavy (non-hydrogen) atoms. The second-order valence-electron chi connectivity index (χ2n) is 6.54. The van der Waals surface area contributed by atoms with Gasteiger partial charge in [-0.15, -0.1) is 0 Å². The molecule has 1 aliphatic heterocycles. The van der Waals surface area contributed by atoms with Crippen molar-refractivity contribution >= 4 is 5.91 Å². The first-order chi connectivity index (χ1) is 10.0. The Balaban J connectivity index is 1.54. The second kappa shape index (κ2) is 5.81. The number of aliphatic hydroxyl groups excluding tert-OH is 2. The number of aliphatic hydroxyl groups is 2. The van der Waals surface area contributed by atoms with Gasteiger partial charge < -0.3 is 19.7 Å². The van der Waals surface area contributed by atoms with Crippen molar-refractivity contribution in [3.8, 4) is 0 Å². The van der Waals surface area contributed by atoms with E-state index in [-0.39, 0.29) is 5.91 Å². The molecular formula is C16H24N2O3. The maximum Gasteiger partial charge on any atom is 0.222 e. The summed E-state index contributed by atoms with van der Waals surface area (Å²) in [6, 6.07) is 4.04. The highest BCUT2D eigenvalue weighted by atomic mass is 16.3. The third kappa shape index (κ3) is 2.99.